The fourth-order valence-corrected chi connectivity index (χ4v) is 3.56. The Kier molecular flexibility index (Phi) is 4.98. The van der Waals surface area contributed by atoms with Gasteiger partial charge in [-0.3, -0.25) is 0 Å². The van der Waals surface area contributed by atoms with E-state index in [1.807, 2.05) is 14.0 Å². The van der Waals surface area contributed by atoms with Crippen molar-refractivity contribution < 1.29 is 13.2 Å². The molecule has 1 saturated heterocycles. The molecule has 0 spiro atoms. The van der Waals surface area contributed by atoms with E-state index in [2.05, 4.69) is 5.32 Å². The normalized spacial score (nSPS) is 30.1. The highest BCUT2D eigenvalue weighted by atomic mass is 32.2. The largest absolute Gasteiger partial charge is 0.378 e. The summed E-state index contributed by atoms with van der Waals surface area (Å²) in [6.07, 6.45) is 1.77. The van der Waals surface area contributed by atoms with E-state index in [-0.39, 0.29) is 22.5 Å². The minimum atomic E-state index is -2.95. The lowest BCUT2D eigenvalue weighted by Gasteiger charge is -2.32. The van der Waals surface area contributed by atoms with Crippen LogP contribution in [0.5, 0.6) is 0 Å². The molecule has 2 atom stereocenters. The Morgan fingerprint density at radius 3 is 2.53 bits per heavy atom. The van der Waals surface area contributed by atoms with Crippen LogP contribution in [0.25, 0.3) is 0 Å². The van der Waals surface area contributed by atoms with Gasteiger partial charge in [0.05, 0.1) is 17.1 Å². The van der Waals surface area contributed by atoms with Crippen LogP contribution < -0.4 is 5.32 Å². The minimum absolute atomic E-state index is 0.0172. The second-order valence-corrected chi connectivity index (χ2v) is 8.00. The fraction of sp³-hybridized carbons (Fsp3) is 1.00. The van der Waals surface area contributed by atoms with E-state index < -0.39 is 9.84 Å². The average molecular weight is 263 g/mol. The van der Waals surface area contributed by atoms with Gasteiger partial charge in [-0.1, -0.05) is 0 Å². The summed E-state index contributed by atoms with van der Waals surface area (Å²) in [5.74, 6) is 0.264. The molecule has 1 N–H and O–H groups in total. The monoisotopic (exact) mass is 263 g/mol. The van der Waals surface area contributed by atoms with Gasteiger partial charge in [0, 0.05) is 18.6 Å². The molecule has 1 aliphatic rings. The quantitative estimate of drug-likeness (QED) is 0.783. The van der Waals surface area contributed by atoms with E-state index in [0.717, 1.165) is 19.6 Å². The Balaban J connectivity index is 2.69. The first-order chi connectivity index (χ1) is 7.84. The topological polar surface area (TPSA) is 55.4 Å². The molecule has 17 heavy (non-hydrogen) atoms. The van der Waals surface area contributed by atoms with Gasteiger partial charge < -0.3 is 10.1 Å². The molecule has 1 heterocycles. The smallest absolute Gasteiger partial charge is 0.152 e. The van der Waals surface area contributed by atoms with Crippen LogP contribution in [0, 0.1) is 5.41 Å². The third kappa shape index (κ3) is 3.42. The van der Waals surface area contributed by atoms with Crippen molar-refractivity contribution in [1.82, 2.24) is 5.32 Å². The number of ether oxygens (including phenoxy) is 1. The number of hydrogen-bond acceptors (Lipinski definition) is 4. The molecule has 1 rings (SSSR count). The van der Waals surface area contributed by atoms with E-state index in [0.29, 0.717) is 6.42 Å². The number of sulfone groups is 1. The second kappa shape index (κ2) is 5.67. The zero-order valence-corrected chi connectivity index (χ0v) is 12.1. The van der Waals surface area contributed by atoms with Crippen molar-refractivity contribution in [2.75, 3.05) is 26.0 Å². The van der Waals surface area contributed by atoms with Crippen LogP contribution in [-0.2, 0) is 14.6 Å². The van der Waals surface area contributed by atoms with Gasteiger partial charge in [0.2, 0.25) is 0 Å². The Morgan fingerprint density at radius 1 is 1.47 bits per heavy atom. The highest BCUT2D eigenvalue weighted by molar-refractivity contribution is 7.91. The van der Waals surface area contributed by atoms with Crippen molar-refractivity contribution >= 4 is 9.84 Å². The highest BCUT2D eigenvalue weighted by Crippen LogP contribution is 2.38. The zero-order chi connectivity index (χ0) is 13.1. The summed E-state index contributed by atoms with van der Waals surface area (Å²) in [6.45, 7) is 7.10. The van der Waals surface area contributed by atoms with Crippen LogP contribution in [0.4, 0.5) is 0 Å². The third-order valence-electron chi connectivity index (χ3n) is 3.96. The Labute approximate surface area is 105 Å². The molecule has 1 fully saturated rings. The van der Waals surface area contributed by atoms with Crippen molar-refractivity contribution in [3.05, 3.63) is 0 Å². The van der Waals surface area contributed by atoms with Gasteiger partial charge in [0.15, 0.2) is 9.84 Å². The Bertz CT molecular complexity index is 340. The summed E-state index contributed by atoms with van der Waals surface area (Å²) < 4.78 is 29.4. The summed E-state index contributed by atoms with van der Waals surface area (Å²) in [5.41, 5.74) is -0.0172. The van der Waals surface area contributed by atoms with Gasteiger partial charge in [-0.05, 0) is 40.7 Å². The van der Waals surface area contributed by atoms with E-state index in [1.54, 1.807) is 13.8 Å². The Hall–Kier alpha value is -0.130. The molecule has 0 radical (unpaired) electrons. The van der Waals surface area contributed by atoms with Crippen molar-refractivity contribution in [1.29, 1.82) is 0 Å². The predicted octanol–water partition coefficient (Wildman–Crippen LogP) is 1.21. The average Bonchev–Trinajstić information content (AvgIpc) is 2.59. The molecule has 2 unspecified atom stereocenters. The first-order valence-corrected chi connectivity index (χ1v) is 8.03. The van der Waals surface area contributed by atoms with E-state index in [1.165, 1.54) is 0 Å². The summed E-state index contributed by atoms with van der Waals surface area (Å²) in [5, 5.41) is 2.89. The Morgan fingerprint density at radius 2 is 2.12 bits per heavy atom. The molecule has 1 aliphatic heterocycles. The van der Waals surface area contributed by atoms with Gasteiger partial charge in [0.1, 0.15) is 0 Å². The zero-order valence-electron chi connectivity index (χ0n) is 11.3. The van der Waals surface area contributed by atoms with Gasteiger partial charge in [-0.2, -0.15) is 0 Å². The van der Waals surface area contributed by atoms with Crippen LogP contribution in [0.15, 0.2) is 0 Å². The van der Waals surface area contributed by atoms with E-state index in [4.69, 9.17) is 4.74 Å². The van der Waals surface area contributed by atoms with Gasteiger partial charge in [0.25, 0.3) is 0 Å². The van der Waals surface area contributed by atoms with Crippen LogP contribution in [-0.4, -0.2) is 45.7 Å². The van der Waals surface area contributed by atoms with E-state index >= 15 is 0 Å². The maximum absolute atomic E-state index is 11.9. The van der Waals surface area contributed by atoms with Crippen LogP contribution >= 0.6 is 0 Å². The SMILES string of the molecule is CNCC1(CCS(=O)(=O)C(C)C)CCOC1C. The van der Waals surface area contributed by atoms with E-state index in [9.17, 15) is 8.42 Å². The third-order valence-corrected chi connectivity index (χ3v) is 6.17. The number of rotatable bonds is 6. The second-order valence-electron chi connectivity index (χ2n) is 5.32. The van der Waals surface area contributed by atoms with Gasteiger partial charge in [-0.15, -0.1) is 0 Å². The minimum Gasteiger partial charge on any atom is -0.378 e. The van der Waals surface area contributed by atoms with Crippen molar-refractivity contribution in [3.63, 3.8) is 0 Å². The standard InChI is InChI=1S/C12H25NO3S/c1-10(2)17(14,15)8-6-12(9-13-4)5-7-16-11(12)3/h10-11,13H,5-9H2,1-4H3. The molecule has 0 saturated carbocycles. The molecule has 5 heteroatoms. The lowest BCUT2D eigenvalue weighted by atomic mass is 9.79. The fourth-order valence-electron chi connectivity index (χ4n) is 2.40. The molecule has 0 bridgehead atoms. The molecule has 0 aromatic rings. The number of hydrogen-bond donors (Lipinski definition) is 1. The molecule has 0 aliphatic carbocycles. The van der Waals surface area contributed by atoms with Crippen LogP contribution in [0.2, 0.25) is 0 Å². The molecule has 0 aromatic heterocycles. The molecular formula is C12H25NO3S. The molecular weight excluding hydrogens is 238 g/mol. The molecule has 4 nitrogen and oxygen atoms in total. The van der Waals surface area contributed by atoms with Gasteiger partial charge in [-0.25, -0.2) is 8.42 Å². The van der Waals surface area contributed by atoms with Gasteiger partial charge >= 0.3 is 0 Å². The van der Waals surface area contributed by atoms with Crippen molar-refractivity contribution in [2.45, 2.75) is 45.0 Å². The molecule has 0 amide bonds. The lowest BCUT2D eigenvalue weighted by molar-refractivity contribution is 0.0623. The first-order valence-electron chi connectivity index (χ1n) is 6.32. The predicted molar refractivity (Wildman–Crippen MR) is 69.9 cm³/mol. The highest BCUT2D eigenvalue weighted by Gasteiger charge is 2.41. The summed E-state index contributed by atoms with van der Waals surface area (Å²) in [7, 11) is -1.04. The van der Waals surface area contributed by atoms with Crippen molar-refractivity contribution in [3.8, 4) is 0 Å². The molecule has 0 aromatic carbocycles. The molecule has 102 valence electrons. The maximum Gasteiger partial charge on any atom is 0.152 e. The van der Waals surface area contributed by atoms with Crippen molar-refractivity contribution in [2.24, 2.45) is 5.41 Å². The summed E-state index contributed by atoms with van der Waals surface area (Å²) in [6, 6.07) is 0. The maximum atomic E-state index is 11.9. The summed E-state index contributed by atoms with van der Waals surface area (Å²) >= 11 is 0. The van der Waals surface area contributed by atoms with Crippen LogP contribution in [0.1, 0.15) is 33.6 Å². The lowest BCUT2D eigenvalue weighted by Crippen LogP contribution is -2.40. The first kappa shape index (κ1) is 14.9. The van der Waals surface area contributed by atoms with Crippen LogP contribution in [0.3, 0.4) is 0 Å². The number of nitrogens with one attached hydrogen (secondary N) is 1. The summed E-state index contributed by atoms with van der Waals surface area (Å²) in [4.78, 5) is 0.